The van der Waals surface area contributed by atoms with Crippen molar-refractivity contribution in [2.24, 2.45) is 0 Å². The van der Waals surface area contributed by atoms with Crippen LogP contribution in [0.5, 0.6) is 5.88 Å². The fraction of sp³-hybridized carbons (Fsp3) is 0.357. The number of ether oxygens (including phenoxy) is 2. The first-order chi connectivity index (χ1) is 9.61. The van der Waals surface area contributed by atoms with Gasteiger partial charge in [-0.25, -0.2) is 14.8 Å². The van der Waals surface area contributed by atoms with Gasteiger partial charge in [0.15, 0.2) is 6.10 Å². The molecule has 2 heterocycles. The van der Waals surface area contributed by atoms with Crippen molar-refractivity contribution in [1.29, 1.82) is 0 Å². The summed E-state index contributed by atoms with van der Waals surface area (Å²) in [7, 11) is 0. The zero-order valence-electron chi connectivity index (χ0n) is 11.6. The van der Waals surface area contributed by atoms with Gasteiger partial charge < -0.3 is 9.47 Å². The molecule has 0 saturated heterocycles. The summed E-state index contributed by atoms with van der Waals surface area (Å²) in [5, 5.41) is 2.61. The third kappa shape index (κ3) is 3.33. The first-order valence-electron chi connectivity index (χ1n) is 6.32. The molecule has 106 valence electrons. The van der Waals surface area contributed by atoms with E-state index < -0.39 is 12.1 Å². The van der Waals surface area contributed by atoms with Gasteiger partial charge in [-0.1, -0.05) is 0 Å². The van der Waals surface area contributed by atoms with E-state index in [-0.39, 0.29) is 0 Å². The lowest BCUT2D eigenvalue weighted by molar-refractivity contribution is 0.0332. The zero-order valence-corrected chi connectivity index (χ0v) is 12.4. The molecule has 0 aliphatic carbocycles. The van der Waals surface area contributed by atoms with Crippen LogP contribution in [0.3, 0.4) is 0 Å². The molecule has 0 unspecified atom stereocenters. The Labute approximate surface area is 121 Å². The molecular formula is C14H16N2O3S. The minimum Gasteiger partial charge on any atom is -0.477 e. The number of carbonyl (C=O) groups excluding carboxylic acids is 1. The lowest BCUT2D eigenvalue weighted by Gasteiger charge is -2.13. The molecule has 0 fully saturated rings. The summed E-state index contributed by atoms with van der Waals surface area (Å²) >= 11 is 1.45. The number of esters is 1. The summed E-state index contributed by atoms with van der Waals surface area (Å²) in [6.45, 7) is 5.92. The molecule has 2 aromatic heterocycles. The van der Waals surface area contributed by atoms with Gasteiger partial charge in [-0.15, -0.1) is 11.3 Å². The summed E-state index contributed by atoms with van der Waals surface area (Å²) in [6, 6.07) is 3.43. The van der Waals surface area contributed by atoms with Gasteiger partial charge in [0.2, 0.25) is 5.88 Å². The smallest absolute Gasteiger partial charge is 0.344 e. The number of rotatable bonds is 5. The van der Waals surface area contributed by atoms with Crippen molar-refractivity contribution in [3.63, 3.8) is 0 Å². The van der Waals surface area contributed by atoms with E-state index in [1.165, 1.54) is 11.3 Å². The average molecular weight is 292 g/mol. The second-order valence-electron chi connectivity index (χ2n) is 4.16. The molecule has 0 radical (unpaired) electrons. The molecule has 0 spiro atoms. The Morgan fingerprint density at radius 1 is 1.45 bits per heavy atom. The normalized spacial score (nSPS) is 11.9. The number of pyridine rings is 1. The number of nitrogens with zero attached hydrogens (tertiary/aromatic N) is 2. The van der Waals surface area contributed by atoms with Crippen LogP contribution in [-0.4, -0.2) is 22.5 Å². The highest BCUT2D eigenvalue weighted by atomic mass is 32.1. The molecule has 0 amide bonds. The van der Waals surface area contributed by atoms with Crippen molar-refractivity contribution < 1.29 is 14.3 Å². The van der Waals surface area contributed by atoms with Gasteiger partial charge in [0.1, 0.15) is 10.6 Å². The molecule has 2 rings (SSSR count). The van der Waals surface area contributed by atoms with Gasteiger partial charge in [0.05, 0.1) is 6.61 Å². The van der Waals surface area contributed by atoms with Crippen LogP contribution in [0.4, 0.5) is 0 Å². The van der Waals surface area contributed by atoms with E-state index in [0.29, 0.717) is 18.1 Å². The quantitative estimate of drug-likeness (QED) is 0.792. The van der Waals surface area contributed by atoms with Crippen molar-refractivity contribution >= 4 is 17.3 Å². The van der Waals surface area contributed by atoms with Gasteiger partial charge in [-0.3, -0.25) is 0 Å². The topological polar surface area (TPSA) is 61.3 Å². The van der Waals surface area contributed by atoms with Crippen molar-refractivity contribution in [2.75, 3.05) is 6.61 Å². The number of hydrogen-bond donors (Lipinski definition) is 0. The Morgan fingerprint density at radius 2 is 2.25 bits per heavy atom. The van der Waals surface area contributed by atoms with Crippen LogP contribution in [0.2, 0.25) is 0 Å². The van der Waals surface area contributed by atoms with E-state index in [1.54, 1.807) is 25.3 Å². The van der Waals surface area contributed by atoms with Crippen molar-refractivity contribution in [3.05, 3.63) is 40.0 Å². The molecule has 0 bridgehead atoms. The van der Waals surface area contributed by atoms with Crippen molar-refractivity contribution in [1.82, 2.24) is 9.97 Å². The third-order valence-electron chi connectivity index (χ3n) is 2.58. The van der Waals surface area contributed by atoms with Gasteiger partial charge in [0.25, 0.3) is 0 Å². The summed E-state index contributed by atoms with van der Waals surface area (Å²) < 4.78 is 10.8. The van der Waals surface area contributed by atoms with Gasteiger partial charge in [0, 0.05) is 17.3 Å². The zero-order chi connectivity index (χ0) is 14.5. The predicted octanol–water partition coefficient (Wildman–Crippen LogP) is 3.16. The highest BCUT2D eigenvalue weighted by Crippen LogP contribution is 2.23. The van der Waals surface area contributed by atoms with E-state index in [2.05, 4.69) is 9.97 Å². The minimum absolute atomic E-state index is 0.309. The van der Waals surface area contributed by atoms with E-state index in [4.69, 9.17) is 9.47 Å². The molecule has 5 nitrogen and oxygen atoms in total. The number of aromatic nitrogens is 2. The number of hydrogen-bond acceptors (Lipinski definition) is 6. The van der Waals surface area contributed by atoms with Crippen LogP contribution < -0.4 is 4.74 Å². The van der Waals surface area contributed by atoms with Crippen molar-refractivity contribution in [2.45, 2.75) is 26.9 Å². The van der Waals surface area contributed by atoms with Crippen LogP contribution in [0.1, 0.15) is 41.0 Å². The molecule has 0 N–H and O–H groups in total. The maximum absolute atomic E-state index is 12.2. The standard InChI is InChI=1S/C14H16N2O3S/c1-4-18-12-11(6-5-9(2)16-12)14(17)19-10(3)13-15-7-8-20-13/h5-8,10H,4H2,1-3H3/t10-/m0/s1. The van der Waals surface area contributed by atoms with E-state index in [9.17, 15) is 4.79 Å². The Balaban J connectivity index is 2.16. The first kappa shape index (κ1) is 14.5. The summed E-state index contributed by atoms with van der Waals surface area (Å²) in [5.41, 5.74) is 1.12. The highest BCUT2D eigenvalue weighted by molar-refractivity contribution is 7.09. The van der Waals surface area contributed by atoms with Gasteiger partial charge >= 0.3 is 5.97 Å². The molecule has 0 aromatic carbocycles. The summed E-state index contributed by atoms with van der Waals surface area (Å²) in [5.74, 6) is -0.146. The molecule has 0 aliphatic rings. The Bertz CT molecular complexity index is 584. The average Bonchev–Trinajstić information content (AvgIpc) is 2.93. The second kappa shape index (κ2) is 6.47. The van der Waals surface area contributed by atoms with Crippen LogP contribution >= 0.6 is 11.3 Å². The summed E-state index contributed by atoms with van der Waals surface area (Å²) in [4.78, 5) is 20.5. The van der Waals surface area contributed by atoms with Crippen molar-refractivity contribution in [3.8, 4) is 5.88 Å². The molecule has 6 heteroatoms. The van der Waals surface area contributed by atoms with Crippen LogP contribution in [0.15, 0.2) is 23.7 Å². The molecule has 0 aliphatic heterocycles. The second-order valence-corrected chi connectivity index (χ2v) is 5.08. The minimum atomic E-state index is -0.455. The molecule has 2 aromatic rings. The number of carbonyl (C=O) groups is 1. The summed E-state index contributed by atoms with van der Waals surface area (Å²) in [6.07, 6.45) is 1.29. The Kier molecular flexibility index (Phi) is 4.68. The lowest BCUT2D eigenvalue weighted by atomic mass is 10.2. The van der Waals surface area contributed by atoms with E-state index in [1.807, 2.05) is 19.2 Å². The fourth-order valence-corrected chi connectivity index (χ4v) is 2.27. The number of thiazole rings is 1. The Hall–Kier alpha value is -1.95. The molecular weight excluding hydrogens is 276 g/mol. The highest BCUT2D eigenvalue weighted by Gasteiger charge is 2.20. The molecule has 0 saturated carbocycles. The van der Waals surface area contributed by atoms with Crippen LogP contribution in [0.25, 0.3) is 0 Å². The SMILES string of the molecule is CCOc1nc(C)ccc1C(=O)O[C@@H](C)c1nccs1. The molecule has 1 atom stereocenters. The van der Waals surface area contributed by atoms with Crippen LogP contribution in [-0.2, 0) is 4.74 Å². The van der Waals surface area contributed by atoms with Gasteiger partial charge in [-0.2, -0.15) is 0 Å². The fourth-order valence-electron chi connectivity index (χ4n) is 1.64. The van der Waals surface area contributed by atoms with E-state index in [0.717, 1.165) is 10.7 Å². The number of aryl methyl sites for hydroxylation is 1. The van der Waals surface area contributed by atoms with Gasteiger partial charge in [-0.05, 0) is 32.9 Å². The monoisotopic (exact) mass is 292 g/mol. The third-order valence-corrected chi connectivity index (χ3v) is 3.52. The lowest BCUT2D eigenvalue weighted by Crippen LogP contribution is -2.12. The van der Waals surface area contributed by atoms with Crippen LogP contribution in [0, 0.1) is 6.92 Å². The maximum atomic E-state index is 12.2. The Morgan fingerprint density at radius 3 is 2.90 bits per heavy atom. The predicted molar refractivity (Wildman–Crippen MR) is 76.1 cm³/mol. The van der Waals surface area contributed by atoms with E-state index >= 15 is 0 Å². The first-order valence-corrected chi connectivity index (χ1v) is 7.20. The maximum Gasteiger partial charge on any atom is 0.344 e. The largest absolute Gasteiger partial charge is 0.477 e. The molecule has 20 heavy (non-hydrogen) atoms.